The molecule has 1 aromatic heterocycles. The van der Waals surface area contributed by atoms with Gasteiger partial charge in [-0.1, -0.05) is 11.6 Å². The van der Waals surface area contributed by atoms with Crippen LogP contribution in [-0.2, 0) is 0 Å². The summed E-state index contributed by atoms with van der Waals surface area (Å²) in [5.41, 5.74) is 1.32. The van der Waals surface area contributed by atoms with E-state index < -0.39 is 0 Å². The van der Waals surface area contributed by atoms with Crippen molar-refractivity contribution in [1.82, 2.24) is 20.1 Å². The lowest BCUT2D eigenvalue weighted by molar-refractivity contribution is 0.0941. The Morgan fingerprint density at radius 3 is 2.70 bits per heavy atom. The molecule has 0 bridgehead atoms. The van der Waals surface area contributed by atoms with Gasteiger partial charge < -0.3 is 10.2 Å². The molecule has 6 heteroatoms. The highest BCUT2D eigenvalue weighted by Crippen LogP contribution is 2.10. The van der Waals surface area contributed by atoms with Crippen molar-refractivity contribution in [2.75, 3.05) is 46.3 Å². The fraction of sp³-hybridized carbons (Fsp3) is 0.571. The van der Waals surface area contributed by atoms with E-state index in [1.807, 2.05) is 6.92 Å². The maximum absolute atomic E-state index is 12.0. The van der Waals surface area contributed by atoms with Crippen LogP contribution in [0.2, 0.25) is 5.15 Å². The first-order chi connectivity index (χ1) is 9.54. The second-order valence-corrected chi connectivity index (χ2v) is 5.61. The average Bonchev–Trinajstić information content (AvgIpc) is 2.40. The number of carbonyl (C=O) groups excluding carboxylic acids is 1. The van der Waals surface area contributed by atoms with E-state index in [-0.39, 0.29) is 5.91 Å². The Bertz CT molecular complexity index is 452. The lowest BCUT2D eigenvalue weighted by Gasteiger charge is -2.32. The summed E-state index contributed by atoms with van der Waals surface area (Å²) in [6.45, 7) is 7.67. The lowest BCUT2D eigenvalue weighted by atomic mass is 10.2. The molecule has 0 atom stereocenters. The Hall–Kier alpha value is -1.17. The number of likely N-dealkylation sites (N-methyl/N-ethyl adjacent to an activating group) is 1. The summed E-state index contributed by atoms with van der Waals surface area (Å²) in [4.78, 5) is 20.8. The molecular formula is C14H21ClN4O. The van der Waals surface area contributed by atoms with Crippen LogP contribution in [0.25, 0.3) is 0 Å². The molecule has 0 radical (unpaired) electrons. The lowest BCUT2D eigenvalue weighted by Crippen LogP contribution is -2.46. The van der Waals surface area contributed by atoms with Crippen LogP contribution in [0.3, 0.4) is 0 Å². The Balaban J connectivity index is 1.77. The van der Waals surface area contributed by atoms with Gasteiger partial charge in [0, 0.05) is 50.5 Å². The molecule has 1 N–H and O–H groups in total. The highest BCUT2D eigenvalue weighted by atomic mass is 35.5. The fourth-order valence-electron chi connectivity index (χ4n) is 2.26. The fourth-order valence-corrected chi connectivity index (χ4v) is 2.51. The van der Waals surface area contributed by atoms with Crippen molar-refractivity contribution in [2.24, 2.45) is 0 Å². The largest absolute Gasteiger partial charge is 0.351 e. The van der Waals surface area contributed by atoms with Gasteiger partial charge in [0.05, 0.1) is 0 Å². The molecule has 1 aliphatic rings. The van der Waals surface area contributed by atoms with Gasteiger partial charge in [-0.2, -0.15) is 0 Å². The maximum atomic E-state index is 12.0. The minimum atomic E-state index is -0.0912. The number of halogens is 1. The summed E-state index contributed by atoms with van der Waals surface area (Å²) in [6.07, 6.45) is 0. The Labute approximate surface area is 124 Å². The molecular weight excluding hydrogens is 276 g/mol. The number of amides is 1. The number of nitrogens with zero attached hydrogens (tertiary/aromatic N) is 3. The summed E-state index contributed by atoms with van der Waals surface area (Å²) in [7, 11) is 2.13. The molecule has 1 amide bonds. The number of pyridine rings is 1. The summed E-state index contributed by atoms with van der Waals surface area (Å²) >= 11 is 5.86. The van der Waals surface area contributed by atoms with Crippen LogP contribution in [0, 0.1) is 6.92 Å². The minimum absolute atomic E-state index is 0.0912. The third-order valence-corrected chi connectivity index (χ3v) is 3.69. The van der Waals surface area contributed by atoms with Crippen molar-refractivity contribution >= 4 is 17.5 Å². The first-order valence-electron chi connectivity index (χ1n) is 6.88. The van der Waals surface area contributed by atoms with Crippen LogP contribution >= 0.6 is 11.6 Å². The van der Waals surface area contributed by atoms with E-state index in [0.29, 0.717) is 17.3 Å². The van der Waals surface area contributed by atoms with Crippen molar-refractivity contribution in [3.63, 3.8) is 0 Å². The normalized spacial score (nSPS) is 17.1. The molecule has 5 nitrogen and oxygen atoms in total. The molecule has 2 rings (SSSR count). The molecule has 1 aromatic rings. The summed E-state index contributed by atoms with van der Waals surface area (Å²) in [5.74, 6) is -0.0912. The third kappa shape index (κ3) is 4.44. The minimum Gasteiger partial charge on any atom is -0.351 e. The quantitative estimate of drug-likeness (QED) is 0.843. The molecule has 20 heavy (non-hydrogen) atoms. The number of piperazine rings is 1. The number of aryl methyl sites for hydroxylation is 1. The number of rotatable bonds is 4. The smallest absolute Gasteiger partial charge is 0.251 e. The first kappa shape index (κ1) is 15.2. The predicted octanol–water partition coefficient (Wildman–Crippen LogP) is 1.02. The van der Waals surface area contributed by atoms with E-state index in [1.54, 1.807) is 12.1 Å². The molecule has 1 saturated heterocycles. The third-order valence-electron chi connectivity index (χ3n) is 3.49. The SMILES string of the molecule is Cc1cc(C(=O)NCCN2CCN(C)CC2)cc(Cl)n1. The summed E-state index contributed by atoms with van der Waals surface area (Å²) < 4.78 is 0. The van der Waals surface area contributed by atoms with Gasteiger partial charge in [0.15, 0.2) is 0 Å². The zero-order valence-corrected chi connectivity index (χ0v) is 12.8. The zero-order valence-electron chi connectivity index (χ0n) is 12.0. The Morgan fingerprint density at radius 2 is 2.05 bits per heavy atom. The van der Waals surface area contributed by atoms with Gasteiger partial charge in [-0.3, -0.25) is 9.69 Å². The number of nitrogens with one attached hydrogen (secondary N) is 1. The number of hydrogen-bond donors (Lipinski definition) is 1. The van der Waals surface area contributed by atoms with Crippen molar-refractivity contribution in [3.8, 4) is 0 Å². The van der Waals surface area contributed by atoms with Gasteiger partial charge >= 0.3 is 0 Å². The predicted molar refractivity (Wildman–Crippen MR) is 80.3 cm³/mol. The topological polar surface area (TPSA) is 48.5 Å². The molecule has 0 saturated carbocycles. The highest BCUT2D eigenvalue weighted by Gasteiger charge is 2.14. The van der Waals surface area contributed by atoms with E-state index in [4.69, 9.17) is 11.6 Å². The van der Waals surface area contributed by atoms with Crippen molar-refractivity contribution in [1.29, 1.82) is 0 Å². The summed E-state index contributed by atoms with van der Waals surface area (Å²) in [5, 5.41) is 3.29. The molecule has 1 aliphatic heterocycles. The average molecular weight is 297 g/mol. The van der Waals surface area contributed by atoms with Crippen LogP contribution < -0.4 is 5.32 Å². The van der Waals surface area contributed by atoms with E-state index in [9.17, 15) is 4.79 Å². The molecule has 0 aromatic carbocycles. The Kier molecular flexibility index (Phi) is 5.34. The molecule has 2 heterocycles. The van der Waals surface area contributed by atoms with Crippen LogP contribution in [0.15, 0.2) is 12.1 Å². The van der Waals surface area contributed by atoms with Gasteiger partial charge in [0.2, 0.25) is 0 Å². The van der Waals surface area contributed by atoms with E-state index in [0.717, 1.165) is 38.4 Å². The van der Waals surface area contributed by atoms with Gasteiger partial charge in [-0.25, -0.2) is 4.98 Å². The van der Waals surface area contributed by atoms with Crippen LogP contribution in [0.1, 0.15) is 16.1 Å². The monoisotopic (exact) mass is 296 g/mol. The zero-order chi connectivity index (χ0) is 14.5. The molecule has 0 aliphatic carbocycles. The van der Waals surface area contributed by atoms with Gasteiger partial charge in [-0.05, 0) is 26.1 Å². The standard InChI is InChI=1S/C14H21ClN4O/c1-11-9-12(10-13(15)17-11)14(20)16-3-4-19-7-5-18(2)6-8-19/h9-10H,3-8H2,1-2H3,(H,16,20). The number of carbonyl (C=O) groups is 1. The number of hydrogen-bond acceptors (Lipinski definition) is 4. The second-order valence-electron chi connectivity index (χ2n) is 5.22. The Morgan fingerprint density at radius 1 is 1.35 bits per heavy atom. The van der Waals surface area contributed by atoms with Gasteiger partial charge in [-0.15, -0.1) is 0 Å². The van der Waals surface area contributed by atoms with Crippen molar-refractivity contribution < 1.29 is 4.79 Å². The van der Waals surface area contributed by atoms with Gasteiger partial charge in [0.1, 0.15) is 5.15 Å². The van der Waals surface area contributed by atoms with Crippen LogP contribution in [0.4, 0.5) is 0 Å². The van der Waals surface area contributed by atoms with Crippen LogP contribution in [-0.4, -0.2) is 67.0 Å². The maximum Gasteiger partial charge on any atom is 0.251 e. The molecule has 0 spiro atoms. The van der Waals surface area contributed by atoms with Crippen molar-refractivity contribution in [3.05, 3.63) is 28.5 Å². The van der Waals surface area contributed by atoms with Crippen molar-refractivity contribution in [2.45, 2.75) is 6.92 Å². The van der Waals surface area contributed by atoms with E-state index in [1.165, 1.54) is 0 Å². The summed E-state index contributed by atoms with van der Waals surface area (Å²) in [6, 6.07) is 3.34. The van der Waals surface area contributed by atoms with E-state index in [2.05, 4.69) is 27.1 Å². The molecule has 1 fully saturated rings. The molecule has 0 unspecified atom stereocenters. The van der Waals surface area contributed by atoms with Gasteiger partial charge in [0.25, 0.3) is 5.91 Å². The van der Waals surface area contributed by atoms with E-state index >= 15 is 0 Å². The van der Waals surface area contributed by atoms with Crippen LogP contribution in [0.5, 0.6) is 0 Å². The molecule has 110 valence electrons. The second kappa shape index (κ2) is 7.02. The number of aromatic nitrogens is 1. The highest BCUT2D eigenvalue weighted by molar-refractivity contribution is 6.29. The first-order valence-corrected chi connectivity index (χ1v) is 7.25.